The quantitative estimate of drug-likeness (QED) is 0.383. The van der Waals surface area contributed by atoms with Crippen molar-refractivity contribution >= 4 is 11.4 Å². The van der Waals surface area contributed by atoms with E-state index in [9.17, 15) is 32.1 Å². The van der Waals surface area contributed by atoms with Gasteiger partial charge in [-0.2, -0.15) is 22.0 Å². The number of hydrogen-bond acceptors (Lipinski definition) is 3. The summed E-state index contributed by atoms with van der Waals surface area (Å²) in [5, 5.41) is 10.4. The van der Waals surface area contributed by atoms with Crippen LogP contribution >= 0.6 is 0 Å². The van der Waals surface area contributed by atoms with Gasteiger partial charge in [0.05, 0.1) is 4.92 Å². The number of nitro benzene ring substituents is 1. The highest BCUT2D eigenvalue weighted by Gasteiger charge is 2.59. The first kappa shape index (κ1) is 13.1. The van der Waals surface area contributed by atoms with E-state index in [0.29, 0.717) is 12.1 Å². The third-order valence-corrected chi connectivity index (χ3v) is 1.95. The number of rotatable bonds is 2. The van der Waals surface area contributed by atoms with Crippen LogP contribution in [0.2, 0.25) is 0 Å². The number of anilines is 1. The molecule has 0 atom stereocenters. The lowest BCUT2D eigenvalue weighted by Gasteiger charge is -2.19. The standard InChI is InChI=1S/C8H5F5N2O2/c9-7(10,8(11,12)13)4-1-2-5(14)6(3-4)15(16)17/h1-3H,14H2. The predicted molar refractivity (Wildman–Crippen MR) is 47.5 cm³/mol. The largest absolute Gasteiger partial charge is 0.458 e. The lowest BCUT2D eigenvalue weighted by Crippen LogP contribution is -2.33. The maximum absolute atomic E-state index is 12.8. The van der Waals surface area contributed by atoms with Crippen molar-refractivity contribution in [2.45, 2.75) is 12.1 Å². The molecular formula is C8H5F5N2O2. The molecule has 17 heavy (non-hydrogen) atoms. The van der Waals surface area contributed by atoms with Crippen LogP contribution in [0, 0.1) is 10.1 Å². The first-order valence-electron chi connectivity index (χ1n) is 4.06. The van der Waals surface area contributed by atoms with Gasteiger partial charge in [0.25, 0.3) is 5.69 Å². The van der Waals surface area contributed by atoms with Crippen LogP contribution in [0.5, 0.6) is 0 Å². The molecule has 0 fully saturated rings. The number of hydrogen-bond donors (Lipinski definition) is 1. The van der Waals surface area contributed by atoms with Gasteiger partial charge < -0.3 is 5.73 Å². The highest BCUT2D eigenvalue weighted by Crippen LogP contribution is 2.45. The Morgan fingerprint density at radius 2 is 1.71 bits per heavy atom. The monoisotopic (exact) mass is 256 g/mol. The summed E-state index contributed by atoms with van der Waals surface area (Å²) >= 11 is 0. The van der Waals surface area contributed by atoms with Crippen LogP contribution in [0.3, 0.4) is 0 Å². The van der Waals surface area contributed by atoms with Crippen LogP contribution in [0.4, 0.5) is 33.3 Å². The molecule has 0 aliphatic carbocycles. The molecule has 0 aromatic heterocycles. The summed E-state index contributed by atoms with van der Waals surface area (Å²) < 4.78 is 61.7. The van der Waals surface area contributed by atoms with Crippen LogP contribution in [0.15, 0.2) is 18.2 Å². The van der Waals surface area contributed by atoms with Gasteiger partial charge in [0.1, 0.15) is 5.69 Å². The lowest BCUT2D eigenvalue weighted by atomic mass is 10.1. The van der Waals surface area contributed by atoms with E-state index in [-0.39, 0.29) is 6.07 Å². The Kier molecular flexibility index (Phi) is 2.96. The first-order valence-corrected chi connectivity index (χ1v) is 4.06. The third kappa shape index (κ3) is 2.27. The Morgan fingerprint density at radius 1 is 1.18 bits per heavy atom. The Labute approximate surface area is 91.0 Å². The van der Waals surface area contributed by atoms with Gasteiger partial charge in [-0.25, -0.2) is 0 Å². The van der Waals surface area contributed by atoms with Gasteiger partial charge >= 0.3 is 12.1 Å². The summed E-state index contributed by atoms with van der Waals surface area (Å²) in [5.41, 5.74) is 2.07. The number of alkyl halides is 5. The van der Waals surface area contributed by atoms with Gasteiger partial charge in [-0.1, -0.05) is 6.07 Å². The normalized spacial score (nSPS) is 12.5. The van der Waals surface area contributed by atoms with Gasteiger partial charge in [-0.15, -0.1) is 0 Å². The van der Waals surface area contributed by atoms with Crippen molar-refractivity contribution in [3.05, 3.63) is 33.9 Å². The molecule has 1 rings (SSSR count). The van der Waals surface area contributed by atoms with E-state index in [0.717, 1.165) is 0 Å². The zero-order valence-corrected chi connectivity index (χ0v) is 7.96. The molecule has 0 saturated carbocycles. The molecule has 0 heterocycles. The number of benzene rings is 1. The van der Waals surface area contributed by atoms with Crippen LogP contribution in [-0.2, 0) is 5.92 Å². The number of halogens is 5. The molecule has 1 aromatic carbocycles. The molecule has 0 unspecified atom stereocenters. The molecule has 0 spiro atoms. The summed E-state index contributed by atoms with van der Waals surface area (Å²) in [6, 6.07) is 1.14. The summed E-state index contributed by atoms with van der Waals surface area (Å²) in [4.78, 5) is 9.22. The minimum Gasteiger partial charge on any atom is -0.393 e. The molecular weight excluding hydrogens is 251 g/mol. The van der Waals surface area contributed by atoms with Gasteiger partial charge in [0.2, 0.25) is 0 Å². The van der Waals surface area contributed by atoms with Crippen LogP contribution in [0.25, 0.3) is 0 Å². The van der Waals surface area contributed by atoms with Crippen molar-refractivity contribution in [1.29, 1.82) is 0 Å². The van der Waals surface area contributed by atoms with E-state index >= 15 is 0 Å². The minimum atomic E-state index is -5.82. The Morgan fingerprint density at radius 3 is 2.12 bits per heavy atom. The van der Waals surface area contributed by atoms with Gasteiger partial charge in [0, 0.05) is 11.6 Å². The topological polar surface area (TPSA) is 69.2 Å². The molecule has 0 aliphatic rings. The Balaban J connectivity index is 3.35. The van der Waals surface area contributed by atoms with Crippen LogP contribution in [0.1, 0.15) is 5.56 Å². The van der Waals surface area contributed by atoms with Crippen molar-refractivity contribution in [3.63, 3.8) is 0 Å². The fraction of sp³-hybridized carbons (Fsp3) is 0.250. The number of nitrogen functional groups attached to an aromatic ring is 1. The molecule has 0 saturated heterocycles. The molecule has 2 N–H and O–H groups in total. The van der Waals surface area contributed by atoms with Gasteiger partial charge in [0.15, 0.2) is 0 Å². The van der Waals surface area contributed by atoms with E-state index in [1.165, 1.54) is 0 Å². The van der Waals surface area contributed by atoms with Crippen molar-refractivity contribution in [2.24, 2.45) is 0 Å². The second-order valence-electron chi connectivity index (χ2n) is 3.10. The lowest BCUT2D eigenvalue weighted by molar-refractivity contribution is -0.384. The number of nitrogens with zero attached hydrogens (tertiary/aromatic N) is 1. The summed E-state index contributed by atoms with van der Waals surface area (Å²) in [6.07, 6.45) is -5.82. The van der Waals surface area contributed by atoms with Gasteiger partial charge in [-0.05, 0) is 6.07 Å². The average Bonchev–Trinajstić information content (AvgIpc) is 2.15. The second-order valence-corrected chi connectivity index (χ2v) is 3.10. The Hall–Kier alpha value is -1.93. The maximum atomic E-state index is 12.8. The molecule has 0 bridgehead atoms. The van der Waals surface area contributed by atoms with E-state index in [2.05, 4.69) is 0 Å². The summed E-state index contributed by atoms with van der Waals surface area (Å²) in [6.45, 7) is 0. The predicted octanol–water partition coefficient (Wildman–Crippen LogP) is 2.83. The SMILES string of the molecule is Nc1ccc(C(F)(F)C(F)(F)F)cc1[N+](=O)[O-]. The summed E-state index contributed by atoms with van der Waals surface area (Å²) in [7, 11) is 0. The average molecular weight is 256 g/mol. The molecule has 0 radical (unpaired) electrons. The molecule has 0 aliphatic heterocycles. The van der Waals surface area contributed by atoms with Crippen molar-refractivity contribution in [2.75, 3.05) is 5.73 Å². The van der Waals surface area contributed by atoms with E-state index in [1.807, 2.05) is 0 Å². The minimum absolute atomic E-state index is 0.114. The summed E-state index contributed by atoms with van der Waals surface area (Å²) in [5.74, 6) is -5.16. The highest BCUT2D eigenvalue weighted by atomic mass is 19.4. The zero-order valence-electron chi connectivity index (χ0n) is 7.96. The van der Waals surface area contributed by atoms with E-state index < -0.39 is 34.0 Å². The van der Waals surface area contributed by atoms with Gasteiger partial charge in [-0.3, -0.25) is 10.1 Å². The van der Waals surface area contributed by atoms with Crippen LogP contribution in [-0.4, -0.2) is 11.1 Å². The zero-order chi connectivity index (χ0) is 13.4. The maximum Gasteiger partial charge on any atom is 0.458 e. The van der Waals surface area contributed by atoms with Crippen molar-refractivity contribution in [1.82, 2.24) is 0 Å². The first-order chi connectivity index (χ1) is 7.57. The van der Waals surface area contributed by atoms with Crippen molar-refractivity contribution in [3.8, 4) is 0 Å². The highest BCUT2D eigenvalue weighted by molar-refractivity contribution is 5.59. The Bertz CT molecular complexity index is 458. The smallest absolute Gasteiger partial charge is 0.393 e. The molecule has 0 amide bonds. The van der Waals surface area contributed by atoms with E-state index in [4.69, 9.17) is 5.73 Å². The molecule has 94 valence electrons. The number of nitro groups is 1. The fourth-order valence-electron chi connectivity index (χ4n) is 1.06. The number of nitrogens with two attached hydrogens (primary N) is 1. The molecule has 1 aromatic rings. The van der Waals surface area contributed by atoms with Crippen LogP contribution < -0.4 is 5.73 Å². The second kappa shape index (κ2) is 3.82. The fourth-order valence-corrected chi connectivity index (χ4v) is 1.06. The van der Waals surface area contributed by atoms with E-state index in [1.54, 1.807) is 0 Å². The molecule has 9 heteroatoms. The van der Waals surface area contributed by atoms with Crippen molar-refractivity contribution < 1.29 is 26.9 Å². The third-order valence-electron chi connectivity index (χ3n) is 1.95. The molecule has 4 nitrogen and oxygen atoms in total.